The maximum atomic E-state index is 12.0. The van der Waals surface area contributed by atoms with Crippen LogP contribution < -0.4 is 10.2 Å². The molecule has 0 aliphatic heterocycles. The Hall–Kier alpha value is -2.29. The quantitative estimate of drug-likeness (QED) is 0.872. The molecule has 0 fully saturated rings. The average Bonchev–Trinajstić information content (AvgIpc) is 2.49. The van der Waals surface area contributed by atoms with Gasteiger partial charge in [0.2, 0.25) is 5.91 Å². The molecule has 3 nitrogen and oxygen atoms in total. The Morgan fingerprint density at radius 3 is 2.52 bits per heavy atom. The van der Waals surface area contributed by atoms with Gasteiger partial charge in [-0.1, -0.05) is 30.3 Å². The lowest BCUT2D eigenvalue weighted by atomic mass is 10.2. The van der Waals surface area contributed by atoms with E-state index in [1.54, 1.807) is 0 Å². The zero-order valence-corrected chi connectivity index (χ0v) is 12.7. The second kappa shape index (κ2) is 7.48. The Balaban J connectivity index is 1.90. The van der Waals surface area contributed by atoms with E-state index in [0.717, 1.165) is 18.8 Å². The zero-order valence-electron chi connectivity index (χ0n) is 12.7. The number of hydrogen-bond donors (Lipinski definition) is 1. The number of nitrogens with zero attached hydrogens (tertiary/aromatic N) is 1. The first-order valence-corrected chi connectivity index (χ1v) is 7.35. The van der Waals surface area contributed by atoms with Crippen molar-refractivity contribution in [3.8, 4) is 0 Å². The van der Waals surface area contributed by atoms with Crippen molar-refractivity contribution < 1.29 is 4.79 Å². The van der Waals surface area contributed by atoms with Crippen molar-refractivity contribution in [1.82, 2.24) is 0 Å². The van der Waals surface area contributed by atoms with Gasteiger partial charge in [0.1, 0.15) is 0 Å². The van der Waals surface area contributed by atoms with Gasteiger partial charge in [-0.3, -0.25) is 4.79 Å². The topological polar surface area (TPSA) is 32.3 Å². The van der Waals surface area contributed by atoms with E-state index in [1.165, 1.54) is 11.3 Å². The zero-order chi connectivity index (χ0) is 15.1. The molecule has 0 bridgehead atoms. The number of nitrogens with one attached hydrogen (secondary N) is 1. The molecule has 0 heterocycles. The normalized spacial score (nSPS) is 10.2. The average molecular weight is 282 g/mol. The number of amides is 1. The molecule has 3 heteroatoms. The third kappa shape index (κ3) is 4.63. The van der Waals surface area contributed by atoms with Crippen LogP contribution in [0.4, 0.5) is 11.4 Å². The summed E-state index contributed by atoms with van der Waals surface area (Å²) in [6, 6.07) is 17.9. The van der Waals surface area contributed by atoms with Crippen molar-refractivity contribution in [2.24, 2.45) is 0 Å². The predicted molar refractivity (Wildman–Crippen MR) is 88.8 cm³/mol. The molecule has 110 valence electrons. The van der Waals surface area contributed by atoms with Crippen LogP contribution in [-0.4, -0.2) is 19.0 Å². The number of rotatable bonds is 6. The number of carbonyl (C=O) groups excluding carboxylic acids is 1. The summed E-state index contributed by atoms with van der Waals surface area (Å²) in [5, 5.41) is 2.92. The minimum atomic E-state index is 0.0484. The van der Waals surface area contributed by atoms with E-state index in [0.29, 0.717) is 6.42 Å². The van der Waals surface area contributed by atoms with Crippen LogP contribution in [0.5, 0.6) is 0 Å². The van der Waals surface area contributed by atoms with Gasteiger partial charge in [0.15, 0.2) is 0 Å². The Bertz CT molecular complexity index is 581. The van der Waals surface area contributed by atoms with Crippen molar-refractivity contribution in [3.05, 3.63) is 60.2 Å². The Morgan fingerprint density at radius 2 is 1.86 bits per heavy atom. The molecule has 0 saturated carbocycles. The molecule has 1 amide bonds. The smallest absolute Gasteiger partial charge is 0.226 e. The summed E-state index contributed by atoms with van der Waals surface area (Å²) in [4.78, 5) is 14.2. The van der Waals surface area contributed by atoms with Crippen LogP contribution >= 0.6 is 0 Å². The molecule has 1 N–H and O–H groups in total. The Kier molecular flexibility index (Phi) is 5.38. The molecule has 21 heavy (non-hydrogen) atoms. The van der Waals surface area contributed by atoms with E-state index in [-0.39, 0.29) is 5.91 Å². The predicted octanol–water partition coefficient (Wildman–Crippen LogP) is 3.85. The largest absolute Gasteiger partial charge is 0.371 e. The first-order chi connectivity index (χ1) is 10.2. The van der Waals surface area contributed by atoms with Gasteiger partial charge in [-0.2, -0.15) is 0 Å². The van der Waals surface area contributed by atoms with Gasteiger partial charge in [-0.05, 0) is 43.7 Å². The fraction of sp³-hybridized carbons (Fsp3) is 0.278. The first-order valence-electron chi connectivity index (χ1n) is 7.35. The van der Waals surface area contributed by atoms with Crippen LogP contribution in [0.15, 0.2) is 54.6 Å². The van der Waals surface area contributed by atoms with Gasteiger partial charge < -0.3 is 10.2 Å². The highest BCUT2D eigenvalue weighted by atomic mass is 16.1. The second-order valence-corrected chi connectivity index (χ2v) is 5.08. The standard InChI is InChI=1S/C18H22N2O/c1-3-20(17-11-7-8-15(2)14-17)13-12-18(21)19-16-9-5-4-6-10-16/h4-11,14H,3,12-13H2,1-2H3,(H,19,21). The van der Waals surface area contributed by atoms with Gasteiger partial charge in [0, 0.05) is 30.9 Å². The highest BCUT2D eigenvalue weighted by Crippen LogP contribution is 2.16. The van der Waals surface area contributed by atoms with Crippen LogP contribution in [0, 0.1) is 6.92 Å². The van der Waals surface area contributed by atoms with Crippen LogP contribution in [0.1, 0.15) is 18.9 Å². The van der Waals surface area contributed by atoms with Crippen LogP contribution in [0.3, 0.4) is 0 Å². The highest BCUT2D eigenvalue weighted by molar-refractivity contribution is 5.90. The van der Waals surface area contributed by atoms with Crippen LogP contribution in [0.25, 0.3) is 0 Å². The number of carbonyl (C=O) groups is 1. The van der Waals surface area contributed by atoms with E-state index in [9.17, 15) is 4.79 Å². The maximum absolute atomic E-state index is 12.0. The minimum absolute atomic E-state index is 0.0484. The van der Waals surface area contributed by atoms with Crippen molar-refractivity contribution in [2.75, 3.05) is 23.3 Å². The number of aryl methyl sites for hydroxylation is 1. The lowest BCUT2D eigenvalue weighted by Crippen LogP contribution is -2.27. The third-order valence-corrected chi connectivity index (χ3v) is 3.41. The molecule has 0 aliphatic rings. The molecule has 0 aromatic heterocycles. The molecule has 2 aromatic carbocycles. The molecule has 0 spiro atoms. The first kappa shape index (κ1) is 15.1. The maximum Gasteiger partial charge on any atom is 0.226 e. The number of anilines is 2. The van der Waals surface area contributed by atoms with Gasteiger partial charge in [0.25, 0.3) is 0 Å². The molecule has 0 atom stereocenters. The summed E-state index contributed by atoms with van der Waals surface area (Å²) < 4.78 is 0. The van der Waals surface area contributed by atoms with E-state index in [4.69, 9.17) is 0 Å². The monoisotopic (exact) mass is 282 g/mol. The number of benzene rings is 2. The van der Waals surface area contributed by atoms with Gasteiger partial charge >= 0.3 is 0 Å². The van der Waals surface area contributed by atoms with Gasteiger partial charge in [0.05, 0.1) is 0 Å². The summed E-state index contributed by atoms with van der Waals surface area (Å²) >= 11 is 0. The molecule has 0 radical (unpaired) electrons. The second-order valence-electron chi connectivity index (χ2n) is 5.08. The SMILES string of the molecule is CCN(CCC(=O)Nc1ccccc1)c1cccc(C)c1. The highest BCUT2D eigenvalue weighted by Gasteiger charge is 2.08. The molecule has 0 aliphatic carbocycles. The summed E-state index contributed by atoms with van der Waals surface area (Å²) in [5.41, 5.74) is 3.26. The van der Waals surface area contributed by atoms with Crippen LogP contribution in [-0.2, 0) is 4.79 Å². The third-order valence-electron chi connectivity index (χ3n) is 3.41. The lowest BCUT2D eigenvalue weighted by Gasteiger charge is -2.23. The molecular formula is C18H22N2O. The molecule has 2 aromatic rings. The summed E-state index contributed by atoms with van der Waals surface area (Å²) in [6.45, 7) is 5.80. The van der Waals surface area contributed by atoms with E-state index < -0.39 is 0 Å². The molecule has 0 saturated heterocycles. The minimum Gasteiger partial charge on any atom is -0.371 e. The van der Waals surface area contributed by atoms with E-state index in [1.807, 2.05) is 30.3 Å². The van der Waals surface area contributed by atoms with Crippen molar-refractivity contribution >= 4 is 17.3 Å². The number of para-hydroxylation sites is 1. The van der Waals surface area contributed by atoms with E-state index in [2.05, 4.69) is 48.3 Å². The summed E-state index contributed by atoms with van der Waals surface area (Å²) in [6.07, 6.45) is 0.483. The van der Waals surface area contributed by atoms with E-state index >= 15 is 0 Å². The molecular weight excluding hydrogens is 260 g/mol. The fourth-order valence-electron chi connectivity index (χ4n) is 2.28. The summed E-state index contributed by atoms with van der Waals surface area (Å²) in [7, 11) is 0. The summed E-state index contributed by atoms with van der Waals surface area (Å²) in [5.74, 6) is 0.0484. The van der Waals surface area contributed by atoms with Crippen molar-refractivity contribution in [1.29, 1.82) is 0 Å². The molecule has 2 rings (SSSR count). The van der Waals surface area contributed by atoms with Crippen molar-refractivity contribution in [2.45, 2.75) is 20.3 Å². The lowest BCUT2D eigenvalue weighted by molar-refractivity contribution is -0.116. The number of hydrogen-bond acceptors (Lipinski definition) is 2. The molecule has 0 unspecified atom stereocenters. The van der Waals surface area contributed by atoms with Crippen molar-refractivity contribution in [3.63, 3.8) is 0 Å². The van der Waals surface area contributed by atoms with Gasteiger partial charge in [-0.15, -0.1) is 0 Å². The Morgan fingerprint density at radius 1 is 1.10 bits per heavy atom. The fourth-order valence-corrected chi connectivity index (χ4v) is 2.28. The van der Waals surface area contributed by atoms with Crippen LogP contribution in [0.2, 0.25) is 0 Å². The van der Waals surface area contributed by atoms with Gasteiger partial charge in [-0.25, -0.2) is 0 Å². The Labute approximate surface area is 126 Å².